The van der Waals surface area contributed by atoms with Crippen molar-refractivity contribution in [2.45, 2.75) is 71.1 Å². The van der Waals surface area contributed by atoms with Gasteiger partial charge in [0.05, 0.1) is 0 Å². The molecule has 1 aliphatic heterocycles. The van der Waals surface area contributed by atoms with Crippen LogP contribution in [0.4, 0.5) is 0 Å². The van der Waals surface area contributed by atoms with Crippen molar-refractivity contribution in [3.05, 3.63) is 11.6 Å². The van der Waals surface area contributed by atoms with Gasteiger partial charge >= 0.3 is 0 Å². The molecule has 0 unspecified atom stereocenters. The van der Waals surface area contributed by atoms with Crippen LogP contribution in [0.5, 0.6) is 0 Å². The molecule has 1 aromatic heterocycles. The highest BCUT2D eigenvalue weighted by Gasteiger charge is 2.24. The number of piperidine rings is 1. The van der Waals surface area contributed by atoms with E-state index in [1.165, 1.54) is 25.7 Å². The Kier molecular flexibility index (Phi) is 5.68. The normalized spacial score (nSPS) is 20.3. The molecule has 1 saturated carbocycles. The first-order valence-corrected chi connectivity index (χ1v) is 9.42. The van der Waals surface area contributed by atoms with Crippen LogP contribution in [0.25, 0.3) is 0 Å². The summed E-state index contributed by atoms with van der Waals surface area (Å²) in [7, 11) is 0. The minimum absolute atomic E-state index is 0.378. The van der Waals surface area contributed by atoms with Crippen molar-refractivity contribution < 1.29 is 4.79 Å². The summed E-state index contributed by atoms with van der Waals surface area (Å²) in [5.74, 6) is 3.73. The zero-order valence-electron chi connectivity index (χ0n) is 14.4. The maximum absolute atomic E-state index is 12.4. The van der Waals surface area contributed by atoms with Gasteiger partial charge in [0.1, 0.15) is 11.6 Å². The fraction of sp³-hybridized carbons (Fsp3) is 0.833. The number of nitrogens with one attached hydrogen (secondary N) is 1. The zero-order chi connectivity index (χ0) is 16.1. The molecule has 5 heteroatoms. The molecule has 3 rings (SSSR count). The molecule has 1 amide bonds. The molecule has 1 N–H and O–H groups in total. The number of carbonyl (C=O) groups excluding carboxylic acids is 1. The first kappa shape index (κ1) is 16.5. The van der Waals surface area contributed by atoms with E-state index in [2.05, 4.69) is 27.0 Å². The van der Waals surface area contributed by atoms with Crippen LogP contribution in [-0.2, 0) is 17.6 Å². The lowest BCUT2D eigenvalue weighted by atomic mass is 9.92. The van der Waals surface area contributed by atoms with E-state index in [9.17, 15) is 4.79 Å². The Morgan fingerprint density at radius 3 is 2.57 bits per heavy atom. The molecule has 1 aromatic rings. The summed E-state index contributed by atoms with van der Waals surface area (Å²) in [6.07, 6.45) is 11.3. The van der Waals surface area contributed by atoms with Crippen LogP contribution in [-0.4, -0.2) is 39.1 Å². The first-order valence-electron chi connectivity index (χ1n) is 9.42. The van der Waals surface area contributed by atoms with Gasteiger partial charge in [0, 0.05) is 32.4 Å². The first-order chi connectivity index (χ1) is 11.2. The molecule has 0 spiro atoms. The number of H-pyrrole nitrogens is 1. The molecule has 1 saturated heterocycles. The third-order valence-corrected chi connectivity index (χ3v) is 5.58. The van der Waals surface area contributed by atoms with Gasteiger partial charge in [-0.3, -0.25) is 9.89 Å². The summed E-state index contributed by atoms with van der Waals surface area (Å²) in [5.41, 5.74) is 0. The highest BCUT2D eigenvalue weighted by Crippen LogP contribution is 2.29. The van der Waals surface area contributed by atoms with Gasteiger partial charge in [-0.05, 0) is 31.1 Å². The van der Waals surface area contributed by atoms with Gasteiger partial charge in [0.25, 0.3) is 0 Å². The second-order valence-electron chi connectivity index (χ2n) is 7.27. The Morgan fingerprint density at radius 1 is 1.17 bits per heavy atom. The summed E-state index contributed by atoms with van der Waals surface area (Å²) >= 11 is 0. The number of hydrogen-bond acceptors (Lipinski definition) is 3. The van der Waals surface area contributed by atoms with Crippen LogP contribution >= 0.6 is 0 Å². The molecule has 0 aromatic carbocycles. The molecule has 0 bridgehead atoms. The Morgan fingerprint density at radius 2 is 1.91 bits per heavy atom. The molecule has 2 fully saturated rings. The average molecular weight is 318 g/mol. The van der Waals surface area contributed by atoms with E-state index in [1.807, 2.05) is 0 Å². The summed E-state index contributed by atoms with van der Waals surface area (Å²) in [5, 5.41) is 7.25. The average Bonchev–Trinajstić information content (AvgIpc) is 3.25. The van der Waals surface area contributed by atoms with Crippen LogP contribution < -0.4 is 0 Å². The minimum atomic E-state index is 0.378. The predicted molar refractivity (Wildman–Crippen MR) is 90.0 cm³/mol. The van der Waals surface area contributed by atoms with Gasteiger partial charge in [-0.25, -0.2) is 4.98 Å². The molecule has 0 atom stereocenters. The van der Waals surface area contributed by atoms with E-state index in [0.29, 0.717) is 11.8 Å². The molecule has 2 aliphatic rings. The van der Waals surface area contributed by atoms with E-state index < -0.39 is 0 Å². The quantitative estimate of drug-likeness (QED) is 0.876. The Labute approximate surface area is 139 Å². The van der Waals surface area contributed by atoms with E-state index in [-0.39, 0.29) is 0 Å². The van der Waals surface area contributed by atoms with Gasteiger partial charge in [-0.15, -0.1) is 0 Å². The second-order valence-corrected chi connectivity index (χ2v) is 7.27. The van der Waals surface area contributed by atoms with Crippen molar-refractivity contribution in [1.29, 1.82) is 0 Å². The van der Waals surface area contributed by atoms with Crippen LogP contribution in [0, 0.1) is 11.8 Å². The van der Waals surface area contributed by atoms with E-state index >= 15 is 0 Å². The number of carbonyl (C=O) groups is 1. The molecule has 2 heterocycles. The second kappa shape index (κ2) is 7.93. The Bertz CT molecular complexity index is 499. The summed E-state index contributed by atoms with van der Waals surface area (Å²) in [6.45, 7) is 3.91. The van der Waals surface area contributed by atoms with Gasteiger partial charge < -0.3 is 4.90 Å². The van der Waals surface area contributed by atoms with Crippen molar-refractivity contribution in [1.82, 2.24) is 20.1 Å². The summed E-state index contributed by atoms with van der Waals surface area (Å²) in [6, 6.07) is 0. The number of aryl methyl sites for hydroxylation is 1. The molecule has 128 valence electrons. The maximum atomic E-state index is 12.4. The van der Waals surface area contributed by atoms with Crippen molar-refractivity contribution in [2.75, 3.05) is 13.1 Å². The number of amides is 1. The van der Waals surface area contributed by atoms with Crippen LogP contribution in [0.1, 0.15) is 69.9 Å². The highest BCUT2D eigenvalue weighted by atomic mass is 16.2. The fourth-order valence-electron chi connectivity index (χ4n) is 4.03. The van der Waals surface area contributed by atoms with E-state index in [0.717, 1.165) is 69.2 Å². The number of nitrogens with zero attached hydrogens (tertiary/aromatic N) is 3. The topological polar surface area (TPSA) is 61.9 Å². The van der Waals surface area contributed by atoms with Gasteiger partial charge in [-0.1, -0.05) is 32.6 Å². The molecular formula is C18H30N4O. The summed E-state index contributed by atoms with van der Waals surface area (Å²) < 4.78 is 0. The molecule has 1 aliphatic carbocycles. The smallest absolute Gasteiger partial charge is 0.222 e. The van der Waals surface area contributed by atoms with Crippen molar-refractivity contribution in [3.63, 3.8) is 0 Å². The number of aromatic nitrogens is 3. The molecule has 5 nitrogen and oxygen atoms in total. The molecular weight excluding hydrogens is 288 g/mol. The van der Waals surface area contributed by atoms with Gasteiger partial charge in [0.15, 0.2) is 0 Å². The third-order valence-electron chi connectivity index (χ3n) is 5.58. The maximum Gasteiger partial charge on any atom is 0.222 e. The largest absolute Gasteiger partial charge is 0.343 e. The third kappa shape index (κ3) is 4.55. The van der Waals surface area contributed by atoms with Gasteiger partial charge in [-0.2, -0.15) is 5.10 Å². The van der Waals surface area contributed by atoms with E-state index in [1.54, 1.807) is 0 Å². The highest BCUT2D eigenvalue weighted by molar-refractivity contribution is 5.76. The van der Waals surface area contributed by atoms with Crippen molar-refractivity contribution in [3.8, 4) is 0 Å². The number of rotatable bonds is 6. The van der Waals surface area contributed by atoms with Crippen LogP contribution in [0.3, 0.4) is 0 Å². The monoisotopic (exact) mass is 318 g/mol. The Balaban J connectivity index is 1.38. The minimum Gasteiger partial charge on any atom is -0.343 e. The Hall–Kier alpha value is -1.39. The lowest BCUT2D eigenvalue weighted by Crippen LogP contribution is -2.39. The lowest BCUT2D eigenvalue weighted by Gasteiger charge is -2.32. The molecule has 0 radical (unpaired) electrons. The molecule has 23 heavy (non-hydrogen) atoms. The van der Waals surface area contributed by atoms with Crippen LogP contribution in [0.15, 0.2) is 0 Å². The number of likely N-dealkylation sites (tertiary alicyclic amines) is 1. The van der Waals surface area contributed by atoms with Crippen molar-refractivity contribution in [2.24, 2.45) is 11.8 Å². The zero-order valence-corrected chi connectivity index (χ0v) is 14.4. The summed E-state index contributed by atoms with van der Waals surface area (Å²) in [4.78, 5) is 18.9. The number of hydrogen-bond donors (Lipinski definition) is 1. The van der Waals surface area contributed by atoms with Crippen molar-refractivity contribution >= 4 is 5.91 Å². The standard InChI is InChI=1S/C18H30N4O/c1-2-16-19-17(21-20-16)13-15-9-11-22(12-10-15)18(23)8-7-14-5-3-4-6-14/h14-15H,2-13H2,1H3,(H,19,20,21). The number of aromatic amines is 1. The van der Waals surface area contributed by atoms with Crippen LogP contribution in [0.2, 0.25) is 0 Å². The SMILES string of the molecule is CCc1n[nH]c(CC2CCN(C(=O)CCC3CCCC3)CC2)n1. The van der Waals surface area contributed by atoms with Gasteiger partial charge in [0.2, 0.25) is 5.91 Å². The predicted octanol–water partition coefficient (Wildman–Crippen LogP) is 3.12. The fourth-order valence-corrected chi connectivity index (χ4v) is 4.03. The lowest BCUT2D eigenvalue weighted by molar-refractivity contribution is -0.132. The van der Waals surface area contributed by atoms with E-state index in [4.69, 9.17) is 0 Å².